The van der Waals surface area contributed by atoms with Crippen LogP contribution in [0.5, 0.6) is 0 Å². The Labute approximate surface area is 149 Å². The van der Waals surface area contributed by atoms with Gasteiger partial charge in [0.2, 0.25) is 5.91 Å². The average Bonchev–Trinajstić information content (AvgIpc) is 3.01. The number of carbonyl (C=O) groups excluding carboxylic acids is 1. The molecule has 1 amide bonds. The Morgan fingerprint density at radius 2 is 1.76 bits per heavy atom. The first kappa shape index (κ1) is 17.6. The van der Waals surface area contributed by atoms with Crippen molar-refractivity contribution in [3.05, 3.63) is 53.3 Å². The van der Waals surface area contributed by atoms with E-state index in [0.717, 1.165) is 44.0 Å². The molecular formula is C19H27N5O. The summed E-state index contributed by atoms with van der Waals surface area (Å²) in [5.74, 6) is -0.0201. The van der Waals surface area contributed by atoms with Crippen molar-refractivity contribution in [2.75, 3.05) is 33.2 Å². The predicted molar refractivity (Wildman–Crippen MR) is 98.0 cm³/mol. The van der Waals surface area contributed by atoms with E-state index >= 15 is 0 Å². The van der Waals surface area contributed by atoms with Crippen LogP contribution >= 0.6 is 0 Å². The van der Waals surface area contributed by atoms with Crippen LogP contribution in [0.3, 0.4) is 0 Å². The van der Waals surface area contributed by atoms with Gasteiger partial charge in [0.1, 0.15) is 6.54 Å². The van der Waals surface area contributed by atoms with Gasteiger partial charge in [-0.05, 0) is 31.2 Å². The molecule has 1 aliphatic heterocycles. The van der Waals surface area contributed by atoms with E-state index in [1.807, 2.05) is 13.0 Å². The van der Waals surface area contributed by atoms with Gasteiger partial charge in [0, 0.05) is 51.2 Å². The van der Waals surface area contributed by atoms with Crippen LogP contribution in [0.4, 0.5) is 0 Å². The highest BCUT2D eigenvalue weighted by Gasteiger charge is 2.13. The summed E-state index contributed by atoms with van der Waals surface area (Å²) >= 11 is 0. The molecule has 2 heterocycles. The van der Waals surface area contributed by atoms with Crippen LogP contribution in [0.25, 0.3) is 0 Å². The Hall–Kier alpha value is -2.18. The van der Waals surface area contributed by atoms with E-state index in [9.17, 15) is 4.79 Å². The number of piperazine rings is 1. The zero-order valence-electron chi connectivity index (χ0n) is 15.1. The second-order valence-electron chi connectivity index (χ2n) is 6.80. The molecule has 2 aromatic rings. The third-order valence-corrected chi connectivity index (χ3v) is 4.74. The summed E-state index contributed by atoms with van der Waals surface area (Å²) in [5, 5.41) is 7.09. The number of hydrogen-bond donors (Lipinski definition) is 1. The zero-order chi connectivity index (χ0) is 17.6. The molecule has 25 heavy (non-hydrogen) atoms. The lowest BCUT2D eigenvalue weighted by Crippen LogP contribution is -2.43. The maximum atomic E-state index is 12.0. The minimum Gasteiger partial charge on any atom is -0.350 e. The van der Waals surface area contributed by atoms with E-state index in [4.69, 9.17) is 0 Å². The van der Waals surface area contributed by atoms with E-state index in [-0.39, 0.29) is 12.5 Å². The second kappa shape index (κ2) is 8.27. The molecule has 0 atom stereocenters. The first-order valence-corrected chi connectivity index (χ1v) is 8.84. The maximum absolute atomic E-state index is 12.0. The Kier molecular flexibility index (Phi) is 5.83. The fourth-order valence-corrected chi connectivity index (χ4v) is 2.98. The standard InChI is InChI=1S/C19H27N5O/c1-16-7-8-21-24(16)15-19(25)20-13-17-3-5-18(6-4-17)14-23-11-9-22(2)10-12-23/h3-8H,9-15H2,1-2H3,(H,20,25). The molecule has 134 valence electrons. The highest BCUT2D eigenvalue weighted by Crippen LogP contribution is 2.09. The van der Waals surface area contributed by atoms with E-state index in [2.05, 4.69) is 51.5 Å². The minimum absolute atomic E-state index is 0.0201. The van der Waals surface area contributed by atoms with Crippen LogP contribution < -0.4 is 5.32 Å². The summed E-state index contributed by atoms with van der Waals surface area (Å²) in [6.45, 7) is 8.29. The molecule has 1 fully saturated rings. The fourth-order valence-electron chi connectivity index (χ4n) is 2.98. The number of likely N-dealkylation sites (N-methyl/N-ethyl adjacent to an activating group) is 1. The van der Waals surface area contributed by atoms with Gasteiger partial charge in [-0.2, -0.15) is 5.10 Å². The fraction of sp³-hybridized carbons (Fsp3) is 0.474. The van der Waals surface area contributed by atoms with Crippen molar-refractivity contribution in [2.24, 2.45) is 0 Å². The lowest BCUT2D eigenvalue weighted by Gasteiger charge is -2.32. The van der Waals surface area contributed by atoms with Crippen molar-refractivity contribution in [2.45, 2.75) is 26.6 Å². The van der Waals surface area contributed by atoms with Gasteiger partial charge in [-0.3, -0.25) is 14.4 Å². The van der Waals surface area contributed by atoms with E-state index < -0.39 is 0 Å². The molecule has 1 aromatic carbocycles. The Morgan fingerprint density at radius 1 is 1.08 bits per heavy atom. The third-order valence-electron chi connectivity index (χ3n) is 4.74. The summed E-state index contributed by atoms with van der Waals surface area (Å²) in [5.41, 5.74) is 3.43. The van der Waals surface area contributed by atoms with Gasteiger partial charge < -0.3 is 10.2 Å². The molecule has 3 rings (SSSR count). The smallest absolute Gasteiger partial charge is 0.242 e. The summed E-state index contributed by atoms with van der Waals surface area (Å²) in [6, 6.07) is 10.4. The molecule has 0 unspecified atom stereocenters. The van der Waals surface area contributed by atoms with E-state index in [1.165, 1.54) is 5.56 Å². The summed E-state index contributed by atoms with van der Waals surface area (Å²) in [6.07, 6.45) is 1.71. The highest BCUT2D eigenvalue weighted by molar-refractivity contribution is 5.75. The maximum Gasteiger partial charge on any atom is 0.242 e. The van der Waals surface area contributed by atoms with Crippen LogP contribution in [-0.2, 0) is 24.4 Å². The average molecular weight is 341 g/mol. The van der Waals surface area contributed by atoms with Gasteiger partial charge in [-0.15, -0.1) is 0 Å². The van der Waals surface area contributed by atoms with Crippen LogP contribution in [0.2, 0.25) is 0 Å². The van der Waals surface area contributed by atoms with Gasteiger partial charge in [-0.1, -0.05) is 24.3 Å². The second-order valence-corrected chi connectivity index (χ2v) is 6.80. The molecule has 6 nitrogen and oxygen atoms in total. The predicted octanol–water partition coefficient (Wildman–Crippen LogP) is 1.26. The summed E-state index contributed by atoms with van der Waals surface area (Å²) < 4.78 is 1.70. The molecule has 1 saturated heterocycles. The lowest BCUT2D eigenvalue weighted by atomic mass is 10.1. The highest BCUT2D eigenvalue weighted by atomic mass is 16.2. The lowest BCUT2D eigenvalue weighted by molar-refractivity contribution is -0.122. The first-order valence-electron chi connectivity index (χ1n) is 8.84. The van der Waals surface area contributed by atoms with Crippen LogP contribution in [-0.4, -0.2) is 58.7 Å². The normalized spacial score (nSPS) is 16.1. The number of aryl methyl sites for hydroxylation is 1. The van der Waals surface area contributed by atoms with Gasteiger partial charge in [0.05, 0.1) is 0 Å². The van der Waals surface area contributed by atoms with Crippen LogP contribution in [0, 0.1) is 6.92 Å². The van der Waals surface area contributed by atoms with Crippen LogP contribution in [0.1, 0.15) is 16.8 Å². The molecule has 0 aliphatic carbocycles. The molecular weight excluding hydrogens is 314 g/mol. The summed E-state index contributed by atoms with van der Waals surface area (Å²) in [7, 11) is 2.17. The molecule has 0 radical (unpaired) electrons. The molecule has 0 bridgehead atoms. The topological polar surface area (TPSA) is 53.4 Å². The van der Waals surface area contributed by atoms with Crippen molar-refractivity contribution >= 4 is 5.91 Å². The number of rotatable bonds is 6. The molecule has 0 saturated carbocycles. The number of nitrogens with zero attached hydrogens (tertiary/aromatic N) is 4. The summed E-state index contributed by atoms with van der Waals surface area (Å²) in [4.78, 5) is 16.9. The monoisotopic (exact) mass is 341 g/mol. The number of benzene rings is 1. The molecule has 1 aromatic heterocycles. The number of hydrogen-bond acceptors (Lipinski definition) is 4. The number of aromatic nitrogens is 2. The van der Waals surface area contributed by atoms with E-state index in [1.54, 1.807) is 10.9 Å². The van der Waals surface area contributed by atoms with Gasteiger partial charge >= 0.3 is 0 Å². The van der Waals surface area contributed by atoms with Crippen molar-refractivity contribution in [1.29, 1.82) is 0 Å². The van der Waals surface area contributed by atoms with Crippen LogP contribution in [0.15, 0.2) is 36.5 Å². The SMILES string of the molecule is Cc1ccnn1CC(=O)NCc1ccc(CN2CCN(C)CC2)cc1. The number of nitrogens with one attached hydrogen (secondary N) is 1. The van der Waals surface area contributed by atoms with Crippen molar-refractivity contribution in [1.82, 2.24) is 24.9 Å². The van der Waals surface area contributed by atoms with Crippen molar-refractivity contribution < 1.29 is 4.79 Å². The Morgan fingerprint density at radius 3 is 2.40 bits per heavy atom. The number of carbonyl (C=O) groups is 1. The number of amides is 1. The zero-order valence-corrected chi connectivity index (χ0v) is 15.1. The van der Waals surface area contributed by atoms with Gasteiger partial charge in [-0.25, -0.2) is 0 Å². The van der Waals surface area contributed by atoms with E-state index in [0.29, 0.717) is 6.54 Å². The molecule has 0 spiro atoms. The van der Waals surface area contributed by atoms with Crippen molar-refractivity contribution in [3.63, 3.8) is 0 Å². The quantitative estimate of drug-likeness (QED) is 0.859. The molecule has 1 aliphatic rings. The first-order chi connectivity index (χ1) is 12.1. The third kappa shape index (κ3) is 5.14. The van der Waals surface area contributed by atoms with Gasteiger partial charge in [0.15, 0.2) is 0 Å². The molecule has 6 heteroatoms. The Bertz CT molecular complexity index is 686. The Balaban J connectivity index is 1.44. The minimum atomic E-state index is -0.0201. The molecule has 1 N–H and O–H groups in total. The largest absolute Gasteiger partial charge is 0.350 e. The van der Waals surface area contributed by atoms with Crippen molar-refractivity contribution in [3.8, 4) is 0 Å². The van der Waals surface area contributed by atoms with Gasteiger partial charge in [0.25, 0.3) is 0 Å².